The molecule has 2 aromatic carbocycles. The van der Waals surface area contributed by atoms with Gasteiger partial charge >= 0.3 is 5.69 Å². The number of nitro benzene ring substituents is 1. The number of rotatable bonds is 6. The van der Waals surface area contributed by atoms with Gasteiger partial charge in [-0.1, -0.05) is 30.3 Å². The number of benzene rings is 2. The number of fused-ring (bicyclic) bond motifs is 1. The van der Waals surface area contributed by atoms with Gasteiger partial charge < -0.3 is 9.30 Å². The number of nitro groups is 1. The largest absolute Gasteiger partial charge is 0.376 e. The highest BCUT2D eigenvalue weighted by molar-refractivity contribution is 5.73. The van der Waals surface area contributed by atoms with E-state index in [-0.39, 0.29) is 36.0 Å². The van der Waals surface area contributed by atoms with Crippen molar-refractivity contribution in [3.63, 3.8) is 0 Å². The molecular weight excluding hydrogens is 438 g/mol. The summed E-state index contributed by atoms with van der Waals surface area (Å²) in [6.07, 6.45) is 2.95. The predicted molar refractivity (Wildman–Crippen MR) is 125 cm³/mol. The molecular formula is C24H23N5O5. The van der Waals surface area contributed by atoms with Crippen LogP contribution in [0.4, 0.5) is 5.69 Å². The summed E-state index contributed by atoms with van der Waals surface area (Å²) in [5.41, 5.74) is 1.69. The molecule has 0 amide bonds. The van der Waals surface area contributed by atoms with E-state index in [9.17, 15) is 19.7 Å². The summed E-state index contributed by atoms with van der Waals surface area (Å²) in [6.45, 7) is 2.85. The van der Waals surface area contributed by atoms with E-state index in [4.69, 9.17) is 4.74 Å². The smallest absolute Gasteiger partial charge is 0.337 e. The van der Waals surface area contributed by atoms with Crippen LogP contribution in [-0.2, 0) is 17.8 Å². The number of ether oxygens (including phenoxy) is 1. The standard InChI is InChI=1S/C24H23N5O5/c1-16-6-2-3-10-20(16)28-22-21(23(30)27(24(28)31)14-19-9-5-11-34-19)26(15-25-22)13-17-7-4-8-18(12-17)29(32)33/h2-4,6-8,10,12,15,19H,5,9,11,13-14H2,1H3/t19-/m1/s1. The third-order valence-electron chi connectivity index (χ3n) is 6.14. The van der Waals surface area contributed by atoms with Crippen molar-refractivity contribution in [2.45, 2.75) is 39.0 Å². The maximum Gasteiger partial charge on any atom is 0.337 e. The first-order valence-electron chi connectivity index (χ1n) is 11.1. The third-order valence-corrected chi connectivity index (χ3v) is 6.14. The van der Waals surface area contributed by atoms with Gasteiger partial charge in [0.1, 0.15) is 0 Å². The Kier molecular flexibility index (Phi) is 5.58. The lowest BCUT2D eigenvalue weighted by atomic mass is 10.2. The van der Waals surface area contributed by atoms with Crippen LogP contribution in [0.1, 0.15) is 24.0 Å². The fraction of sp³-hybridized carbons (Fsp3) is 0.292. The lowest BCUT2D eigenvalue weighted by Gasteiger charge is -2.16. The summed E-state index contributed by atoms with van der Waals surface area (Å²) in [5, 5.41) is 11.2. The molecule has 4 aromatic rings. The zero-order valence-electron chi connectivity index (χ0n) is 18.6. The van der Waals surface area contributed by atoms with Crippen molar-refractivity contribution < 1.29 is 9.66 Å². The van der Waals surface area contributed by atoms with Gasteiger partial charge in [-0.15, -0.1) is 0 Å². The fourth-order valence-corrected chi connectivity index (χ4v) is 4.45. The van der Waals surface area contributed by atoms with Crippen molar-refractivity contribution in [3.05, 3.63) is 96.9 Å². The third kappa shape index (κ3) is 3.81. The molecule has 34 heavy (non-hydrogen) atoms. The summed E-state index contributed by atoms with van der Waals surface area (Å²) in [5.74, 6) is 0. The molecule has 0 saturated carbocycles. The molecule has 0 spiro atoms. The normalized spacial score (nSPS) is 15.7. The van der Waals surface area contributed by atoms with E-state index in [1.165, 1.54) is 27.6 Å². The number of aromatic nitrogens is 4. The number of hydrogen-bond acceptors (Lipinski definition) is 6. The van der Waals surface area contributed by atoms with Crippen molar-refractivity contribution in [1.29, 1.82) is 0 Å². The molecule has 3 heterocycles. The first kappa shape index (κ1) is 21.8. The number of nitrogens with zero attached hydrogens (tertiary/aromatic N) is 5. The van der Waals surface area contributed by atoms with Crippen LogP contribution in [0.5, 0.6) is 0 Å². The Balaban J connectivity index is 1.72. The van der Waals surface area contributed by atoms with Crippen LogP contribution < -0.4 is 11.2 Å². The second-order valence-electron chi connectivity index (χ2n) is 8.43. The van der Waals surface area contributed by atoms with Crippen LogP contribution >= 0.6 is 0 Å². The highest BCUT2D eigenvalue weighted by atomic mass is 16.6. The average Bonchev–Trinajstić information content (AvgIpc) is 3.48. The molecule has 10 heteroatoms. The molecule has 0 bridgehead atoms. The first-order chi connectivity index (χ1) is 16.4. The van der Waals surface area contributed by atoms with Crippen molar-refractivity contribution in [2.24, 2.45) is 0 Å². The predicted octanol–water partition coefficient (Wildman–Crippen LogP) is 2.79. The second kappa shape index (κ2) is 8.71. The molecule has 10 nitrogen and oxygen atoms in total. The van der Waals surface area contributed by atoms with Gasteiger partial charge in [-0.2, -0.15) is 0 Å². The van der Waals surface area contributed by atoms with Crippen LogP contribution in [0, 0.1) is 17.0 Å². The molecule has 2 aromatic heterocycles. The lowest BCUT2D eigenvalue weighted by molar-refractivity contribution is -0.384. The van der Waals surface area contributed by atoms with E-state index in [2.05, 4.69) is 4.98 Å². The highest BCUT2D eigenvalue weighted by Crippen LogP contribution is 2.20. The van der Waals surface area contributed by atoms with E-state index in [0.29, 0.717) is 17.9 Å². The van der Waals surface area contributed by atoms with Gasteiger partial charge in [0.05, 0.1) is 29.6 Å². The van der Waals surface area contributed by atoms with Gasteiger partial charge in [0.15, 0.2) is 11.2 Å². The molecule has 174 valence electrons. The zero-order valence-corrected chi connectivity index (χ0v) is 18.6. The molecule has 0 aliphatic carbocycles. The van der Waals surface area contributed by atoms with Crippen LogP contribution in [-0.4, -0.2) is 36.3 Å². The minimum absolute atomic E-state index is 0.0328. The van der Waals surface area contributed by atoms with E-state index < -0.39 is 16.2 Å². The summed E-state index contributed by atoms with van der Waals surface area (Å²) < 4.78 is 10.0. The number of imidazole rings is 1. The van der Waals surface area contributed by atoms with Gasteiger partial charge in [0, 0.05) is 25.3 Å². The Morgan fingerprint density at radius 2 is 2.00 bits per heavy atom. The fourth-order valence-electron chi connectivity index (χ4n) is 4.45. The lowest BCUT2D eigenvalue weighted by Crippen LogP contribution is -2.42. The highest BCUT2D eigenvalue weighted by Gasteiger charge is 2.24. The quantitative estimate of drug-likeness (QED) is 0.322. The van der Waals surface area contributed by atoms with Crippen LogP contribution in [0.25, 0.3) is 16.9 Å². The van der Waals surface area contributed by atoms with Gasteiger partial charge in [-0.25, -0.2) is 14.3 Å². The minimum Gasteiger partial charge on any atom is -0.376 e. The van der Waals surface area contributed by atoms with Crippen molar-refractivity contribution >= 4 is 16.9 Å². The Bertz CT molecular complexity index is 1510. The molecule has 1 aliphatic heterocycles. The molecule has 5 rings (SSSR count). The SMILES string of the molecule is Cc1ccccc1-n1c(=O)n(C[C@H]2CCCO2)c(=O)c2c1ncn2Cc1cccc([N+](=O)[O-])c1. The Morgan fingerprint density at radius 3 is 2.74 bits per heavy atom. The van der Waals surface area contributed by atoms with Crippen LogP contribution in [0.15, 0.2) is 64.4 Å². The van der Waals surface area contributed by atoms with E-state index in [1.54, 1.807) is 16.7 Å². The van der Waals surface area contributed by atoms with Gasteiger partial charge in [-0.3, -0.25) is 19.5 Å². The molecule has 1 fully saturated rings. The van der Waals surface area contributed by atoms with Crippen LogP contribution in [0.3, 0.4) is 0 Å². The molecule has 0 unspecified atom stereocenters. The molecule has 0 radical (unpaired) electrons. The van der Waals surface area contributed by atoms with Crippen LogP contribution in [0.2, 0.25) is 0 Å². The van der Waals surface area contributed by atoms with Crippen molar-refractivity contribution in [2.75, 3.05) is 6.61 Å². The van der Waals surface area contributed by atoms with E-state index in [1.807, 2.05) is 31.2 Å². The second-order valence-corrected chi connectivity index (χ2v) is 8.43. The topological polar surface area (TPSA) is 114 Å². The summed E-state index contributed by atoms with van der Waals surface area (Å²) in [6, 6.07) is 13.7. The summed E-state index contributed by atoms with van der Waals surface area (Å²) in [7, 11) is 0. The van der Waals surface area contributed by atoms with E-state index in [0.717, 1.165) is 18.4 Å². The summed E-state index contributed by atoms with van der Waals surface area (Å²) in [4.78, 5) is 42.3. The first-order valence-corrected chi connectivity index (χ1v) is 11.1. The minimum atomic E-state index is -0.470. The Hall–Kier alpha value is -4.05. The zero-order chi connectivity index (χ0) is 23.8. The molecule has 0 N–H and O–H groups in total. The molecule has 1 atom stereocenters. The maximum absolute atomic E-state index is 13.6. The Morgan fingerprint density at radius 1 is 1.18 bits per heavy atom. The van der Waals surface area contributed by atoms with Gasteiger partial charge in [0.25, 0.3) is 11.2 Å². The van der Waals surface area contributed by atoms with Gasteiger partial charge in [-0.05, 0) is 37.0 Å². The van der Waals surface area contributed by atoms with Crippen molar-refractivity contribution in [1.82, 2.24) is 18.7 Å². The average molecular weight is 461 g/mol. The Labute approximate surface area is 193 Å². The number of para-hydroxylation sites is 1. The van der Waals surface area contributed by atoms with E-state index >= 15 is 0 Å². The number of aryl methyl sites for hydroxylation is 1. The molecule has 1 saturated heterocycles. The maximum atomic E-state index is 13.6. The van der Waals surface area contributed by atoms with Gasteiger partial charge in [0.2, 0.25) is 0 Å². The molecule has 1 aliphatic rings. The number of non-ortho nitro benzene ring substituents is 1. The van der Waals surface area contributed by atoms with Crippen molar-refractivity contribution in [3.8, 4) is 5.69 Å². The number of hydrogen-bond donors (Lipinski definition) is 0. The summed E-state index contributed by atoms with van der Waals surface area (Å²) >= 11 is 0. The monoisotopic (exact) mass is 461 g/mol.